The summed E-state index contributed by atoms with van der Waals surface area (Å²) in [5.41, 5.74) is 0.771. The van der Waals surface area contributed by atoms with Crippen LogP contribution in [0.3, 0.4) is 0 Å². The predicted octanol–water partition coefficient (Wildman–Crippen LogP) is 2.55. The Morgan fingerprint density at radius 2 is 2.08 bits per heavy atom. The minimum atomic E-state index is -0.528. The minimum Gasteiger partial charge on any atom is -0.324 e. The van der Waals surface area contributed by atoms with E-state index in [1.54, 1.807) is 6.26 Å². The van der Waals surface area contributed by atoms with Crippen LogP contribution >= 0.6 is 23.4 Å². The minimum absolute atomic E-state index is 0.180. The molecule has 0 aliphatic carbocycles. The fraction of sp³-hybridized carbons (Fsp3) is 0.222. The standard InChI is InChI=1S/C9H10ClNOS/c1-13-8(10)9(12)11-7-5-3-2-4-6-7/h2-6,8H,1H3,(H,11,12). The highest BCUT2D eigenvalue weighted by atomic mass is 35.5. The van der Waals surface area contributed by atoms with Crippen LogP contribution in [0.2, 0.25) is 0 Å². The number of nitrogens with one attached hydrogen (secondary N) is 1. The Labute approximate surface area is 86.7 Å². The smallest absolute Gasteiger partial charge is 0.252 e. The molecule has 4 heteroatoms. The van der Waals surface area contributed by atoms with E-state index >= 15 is 0 Å². The Bertz CT molecular complexity index is 278. The van der Waals surface area contributed by atoms with Crippen LogP contribution in [-0.4, -0.2) is 16.9 Å². The molecule has 0 radical (unpaired) electrons. The second kappa shape index (κ2) is 5.14. The molecule has 1 aromatic rings. The molecule has 0 saturated carbocycles. The van der Waals surface area contributed by atoms with Crippen LogP contribution in [0.25, 0.3) is 0 Å². The third-order valence-corrected chi connectivity index (χ3v) is 2.82. The third kappa shape index (κ3) is 3.28. The SMILES string of the molecule is CSC(Cl)C(=O)Nc1ccccc1. The monoisotopic (exact) mass is 215 g/mol. The van der Waals surface area contributed by atoms with E-state index in [0.717, 1.165) is 5.69 Å². The number of carbonyl (C=O) groups is 1. The average Bonchev–Trinajstić information content (AvgIpc) is 2.18. The number of hydrogen-bond acceptors (Lipinski definition) is 2. The second-order valence-electron chi connectivity index (χ2n) is 2.41. The molecule has 0 aliphatic rings. The first-order valence-electron chi connectivity index (χ1n) is 3.77. The van der Waals surface area contributed by atoms with Crippen molar-refractivity contribution >= 4 is 35.0 Å². The van der Waals surface area contributed by atoms with Crippen LogP contribution in [0, 0.1) is 0 Å². The molecule has 0 aliphatic heterocycles. The van der Waals surface area contributed by atoms with Crippen molar-refractivity contribution in [1.29, 1.82) is 0 Å². The molecule has 1 N–H and O–H groups in total. The van der Waals surface area contributed by atoms with Gasteiger partial charge in [-0.1, -0.05) is 18.2 Å². The molecule has 70 valence electrons. The van der Waals surface area contributed by atoms with Crippen LogP contribution < -0.4 is 5.32 Å². The van der Waals surface area contributed by atoms with Crippen molar-refractivity contribution < 1.29 is 4.79 Å². The first-order valence-corrected chi connectivity index (χ1v) is 5.49. The Kier molecular flexibility index (Phi) is 4.12. The first kappa shape index (κ1) is 10.4. The lowest BCUT2D eigenvalue weighted by Crippen LogP contribution is -2.20. The van der Waals surface area contributed by atoms with Gasteiger partial charge in [-0.3, -0.25) is 4.79 Å². The number of carbonyl (C=O) groups excluding carboxylic acids is 1. The van der Waals surface area contributed by atoms with E-state index in [0.29, 0.717) is 0 Å². The third-order valence-electron chi connectivity index (χ3n) is 1.45. The Morgan fingerprint density at radius 3 is 2.62 bits per heavy atom. The molecule has 1 amide bonds. The van der Waals surface area contributed by atoms with Crippen molar-refractivity contribution in [3.63, 3.8) is 0 Å². The van der Waals surface area contributed by atoms with Crippen LogP contribution in [0.5, 0.6) is 0 Å². The summed E-state index contributed by atoms with van der Waals surface area (Å²) in [6.45, 7) is 0. The summed E-state index contributed by atoms with van der Waals surface area (Å²) in [7, 11) is 0. The number of anilines is 1. The van der Waals surface area contributed by atoms with E-state index in [-0.39, 0.29) is 5.91 Å². The second-order valence-corrected chi connectivity index (χ2v) is 4.05. The number of amides is 1. The zero-order valence-corrected chi connectivity index (χ0v) is 8.73. The van der Waals surface area contributed by atoms with Gasteiger partial charge in [-0.05, 0) is 18.4 Å². The maximum Gasteiger partial charge on any atom is 0.252 e. The van der Waals surface area contributed by atoms with Gasteiger partial charge in [0.05, 0.1) is 0 Å². The van der Waals surface area contributed by atoms with Crippen molar-refractivity contribution in [2.45, 2.75) is 4.71 Å². The number of thioether (sulfide) groups is 1. The summed E-state index contributed by atoms with van der Waals surface area (Å²) in [5, 5.41) is 2.70. The van der Waals surface area contributed by atoms with Gasteiger partial charge in [-0.25, -0.2) is 0 Å². The fourth-order valence-electron chi connectivity index (χ4n) is 0.828. The summed E-state index contributed by atoms with van der Waals surface area (Å²) >= 11 is 7.02. The van der Waals surface area contributed by atoms with Crippen LogP contribution in [0.15, 0.2) is 30.3 Å². The van der Waals surface area contributed by atoms with Crippen LogP contribution in [0.4, 0.5) is 5.69 Å². The quantitative estimate of drug-likeness (QED) is 0.786. The molecular formula is C9H10ClNOS. The van der Waals surface area contributed by atoms with Gasteiger partial charge in [-0.15, -0.1) is 23.4 Å². The molecule has 1 aromatic carbocycles. The number of halogens is 1. The number of rotatable bonds is 3. The molecular weight excluding hydrogens is 206 g/mol. The Hall–Kier alpha value is -0.670. The van der Waals surface area contributed by atoms with E-state index in [2.05, 4.69) is 5.32 Å². The van der Waals surface area contributed by atoms with E-state index in [4.69, 9.17) is 11.6 Å². The number of hydrogen-bond donors (Lipinski definition) is 1. The average molecular weight is 216 g/mol. The molecule has 13 heavy (non-hydrogen) atoms. The molecule has 1 atom stereocenters. The van der Waals surface area contributed by atoms with Gasteiger partial charge in [0.1, 0.15) is 0 Å². The number of benzene rings is 1. The van der Waals surface area contributed by atoms with E-state index < -0.39 is 4.71 Å². The fourth-order valence-corrected chi connectivity index (χ4v) is 1.16. The van der Waals surface area contributed by atoms with Gasteiger partial charge in [0, 0.05) is 5.69 Å². The summed E-state index contributed by atoms with van der Waals surface area (Å²) in [5.74, 6) is -0.180. The van der Waals surface area contributed by atoms with Crippen molar-refractivity contribution in [3.05, 3.63) is 30.3 Å². The van der Waals surface area contributed by atoms with Gasteiger partial charge in [0.15, 0.2) is 4.71 Å². The first-order chi connectivity index (χ1) is 6.24. The highest BCUT2D eigenvalue weighted by Gasteiger charge is 2.12. The molecule has 0 bridgehead atoms. The van der Waals surface area contributed by atoms with Gasteiger partial charge in [0.2, 0.25) is 0 Å². The molecule has 0 aromatic heterocycles. The van der Waals surface area contributed by atoms with Crippen molar-refractivity contribution in [2.24, 2.45) is 0 Å². The maximum atomic E-state index is 11.3. The lowest BCUT2D eigenvalue weighted by molar-refractivity contribution is -0.114. The van der Waals surface area contributed by atoms with Gasteiger partial charge < -0.3 is 5.32 Å². The van der Waals surface area contributed by atoms with E-state index in [1.807, 2.05) is 30.3 Å². The lowest BCUT2D eigenvalue weighted by Gasteiger charge is -2.07. The van der Waals surface area contributed by atoms with Crippen LogP contribution in [-0.2, 0) is 4.79 Å². The highest BCUT2D eigenvalue weighted by molar-refractivity contribution is 8.01. The molecule has 0 spiro atoms. The van der Waals surface area contributed by atoms with Crippen LogP contribution in [0.1, 0.15) is 0 Å². The molecule has 2 nitrogen and oxygen atoms in total. The Balaban J connectivity index is 2.55. The van der Waals surface area contributed by atoms with Crippen molar-refractivity contribution in [1.82, 2.24) is 0 Å². The van der Waals surface area contributed by atoms with Crippen molar-refractivity contribution in [2.75, 3.05) is 11.6 Å². The molecule has 0 fully saturated rings. The maximum absolute atomic E-state index is 11.3. The zero-order chi connectivity index (χ0) is 9.68. The summed E-state index contributed by atoms with van der Waals surface area (Å²) < 4.78 is -0.528. The normalized spacial score (nSPS) is 12.2. The number of para-hydroxylation sites is 1. The van der Waals surface area contributed by atoms with Gasteiger partial charge in [0.25, 0.3) is 5.91 Å². The van der Waals surface area contributed by atoms with E-state index in [9.17, 15) is 4.79 Å². The van der Waals surface area contributed by atoms with E-state index in [1.165, 1.54) is 11.8 Å². The van der Waals surface area contributed by atoms with Gasteiger partial charge >= 0.3 is 0 Å². The topological polar surface area (TPSA) is 29.1 Å². The Morgan fingerprint density at radius 1 is 1.46 bits per heavy atom. The lowest BCUT2D eigenvalue weighted by atomic mass is 10.3. The summed E-state index contributed by atoms with van der Waals surface area (Å²) in [4.78, 5) is 11.3. The molecule has 0 heterocycles. The zero-order valence-electron chi connectivity index (χ0n) is 7.16. The highest BCUT2D eigenvalue weighted by Crippen LogP contribution is 2.14. The summed E-state index contributed by atoms with van der Waals surface area (Å²) in [6, 6.07) is 9.25. The molecule has 0 saturated heterocycles. The van der Waals surface area contributed by atoms with Gasteiger partial charge in [-0.2, -0.15) is 0 Å². The number of alkyl halides is 1. The largest absolute Gasteiger partial charge is 0.324 e. The predicted molar refractivity (Wildman–Crippen MR) is 58.2 cm³/mol. The molecule has 1 rings (SSSR count). The molecule has 1 unspecified atom stereocenters. The van der Waals surface area contributed by atoms with Crippen molar-refractivity contribution in [3.8, 4) is 0 Å². The summed E-state index contributed by atoms with van der Waals surface area (Å²) in [6.07, 6.45) is 1.79.